The highest BCUT2D eigenvalue weighted by atomic mass is 32.1. The molecule has 0 aliphatic carbocycles. The highest BCUT2D eigenvalue weighted by molar-refractivity contribution is 7.16. The number of aromatic amines is 1. The number of hydrogen-bond acceptors (Lipinski definition) is 9. The molecule has 0 saturated heterocycles. The maximum absolute atomic E-state index is 12.6. The molecule has 0 atom stereocenters. The van der Waals surface area contributed by atoms with E-state index in [0.29, 0.717) is 47.3 Å². The van der Waals surface area contributed by atoms with Gasteiger partial charge in [-0.1, -0.05) is 6.07 Å². The first-order valence-electron chi connectivity index (χ1n) is 12.1. The van der Waals surface area contributed by atoms with Gasteiger partial charge in [0.1, 0.15) is 16.8 Å². The van der Waals surface area contributed by atoms with Crippen LogP contribution in [0.5, 0.6) is 0 Å². The van der Waals surface area contributed by atoms with Crippen LogP contribution in [0.2, 0.25) is 0 Å². The van der Waals surface area contributed by atoms with Crippen LogP contribution in [0.3, 0.4) is 0 Å². The molecule has 0 spiro atoms. The van der Waals surface area contributed by atoms with E-state index in [9.17, 15) is 14.9 Å². The van der Waals surface area contributed by atoms with Crippen molar-refractivity contribution in [1.82, 2.24) is 24.7 Å². The van der Waals surface area contributed by atoms with Crippen LogP contribution in [-0.4, -0.2) is 50.3 Å². The zero-order valence-electron chi connectivity index (χ0n) is 21.1. The molecule has 11 nitrogen and oxygen atoms in total. The van der Waals surface area contributed by atoms with E-state index in [0.717, 1.165) is 32.5 Å². The smallest absolute Gasteiger partial charge is 0.354 e. The number of nitrogens with one attached hydrogen (secondary N) is 2. The molecule has 5 heterocycles. The van der Waals surface area contributed by atoms with E-state index < -0.39 is 5.97 Å². The standard InChI is InChI=1S/C27H22N8O3S/c1-34-13-18(12-31-34)24(36)33-25-20(9-28)19-5-6-35(14-23(19)39-25)27-29-10-17(11-30-27)15-3-4-21-16(7-15)8-22(32-21)26(37)38-2/h3-4,7-8,10-13,32H,5-6,14H2,1-2H3,(H,33,36). The quantitative estimate of drug-likeness (QED) is 0.321. The number of nitriles is 1. The molecule has 0 radical (unpaired) electrons. The highest BCUT2D eigenvalue weighted by Crippen LogP contribution is 2.37. The van der Waals surface area contributed by atoms with Crippen LogP contribution >= 0.6 is 11.3 Å². The van der Waals surface area contributed by atoms with Crippen LogP contribution in [0, 0.1) is 11.3 Å². The number of fused-ring (bicyclic) bond motifs is 2. The van der Waals surface area contributed by atoms with Gasteiger partial charge in [0.25, 0.3) is 5.91 Å². The van der Waals surface area contributed by atoms with Crippen molar-refractivity contribution in [2.45, 2.75) is 13.0 Å². The Bertz CT molecular complexity index is 1780. The summed E-state index contributed by atoms with van der Waals surface area (Å²) in [4.78, 5) is 39.8. The number of carbonyl (C=O) groups is 2. The summed E-state index contributed by atoms with van der Waals surface area (Å²) in [7, 11) is 3.09. The Morgan fingerprint density at radius 1 is 1.18 bits per heavy atom. The van der Waals surface area contributed by atoms with Crippen molar-refractivity contribution in [2.24, 2.45) is 7.05 Å². The first-order valence-corrected chi connectivity index (χ1v) is 12.9. The lowest BCUT2D eigenvalue weighted by atomic mass is 10.0. The van der Waals surface area contributed by atoms with Gasteiger partial charge in [0, 0.05) is 53.5 Å². The average Bonchev–Trinajstić information content (AvgIpc) is 3.68. The van der Waals surface area contributed by atoms with E-state index in [1.54, 1.807) is 36.4 Å². The molecule has 1 aliphatic rings. The summed E-state index contributed by atoms with van der Waals surface area (Å²) < 4.78 is 6.35. The number of aromatic nitrogens is 5. The van der Waals surface area contributed by atoms with Crippen LogP contribution in [-0.2, 0) is 24.8 Å². The summed E-state index contributed by atoms with van der Waals surface area (Å²) >= 11 is 1.41. The number of H-pyrrole nitrogens is 1. The van der Waals surface area contributed by atoms with E-state index in [1.807, 2.05) is 18.2 Å². The van der Waals surface area contributed by atoms with E-state index in [4.69, 9.17) is 4.74 Å². The van der Waals surface area contributed by atoms with Gasteiger partial charge in [-0.2, -0.15) is 10.4 Å². The summed E-state index contributed by atoms with van der Waals surface area (Å²) in [5.74, 6) is -0.123. The number of carbonyl (C=O) groups excluding carboxylic acids is 2. The van der Waals surface area contributed by atoms with E-state index >= 15 is 0 Å². The molecular formula is C27H22N8O3S. The molecule has 1 aliphatic heterocycles. The molecule has 1 amide bonds. The van der Waals surface area contributed by atoms with Crippen molar-refractivity contribution in [2.75, 3.05) is 23.9 Å². The van der Waals surface area contributed by atoms with Gasteiger partial charge in [0.2, 0.25) is 5.95 Å². The average molecular weight is 539 g/mol. The minimum Gasteiger partial charge on any atom is -0.464 e. The minimum absolute atomic E-state index is 0.298. The molecule has 194 valence electrons. The normalized spacial score (nSPS) is 12.7. The predicted octanol–water partition coefficient (Wildman–Crippen LogP) is 3.89. The summed E-state index contributed by atoms with van der Waals surface area (Å²) in [6.07, 6.45) is 7.33. The number of nitrogens with zero attached hydrogens (tertiary/aromatic N) is 6. The fourth-order valence-electron chi connectivity index (χ4n) is 4.66. The number of anilines is 2. The minimum atomic E-state index is -0.416. The Hall–Kier alpha value is -5.02. The number of methoxy groups -OCH3 is 1. The number of esters is 1. The summed E-state index contributed by atoms with van der Waals surface area (Å²) in [6.45, 7) is 1.20. The van der Waals surface area contributed by atoms with Gasteiger partial charge in [0.15, 0.2) is 0 Å². The molecule has 6 rings (SSSR count). The van der Waals surface area contributed by atoms with Crippen molar-refractivity contribution in [3.05, 3.63) is 76.3 Å². The van der Waals surface area contributed by atoms with Gasteiger partial charge < -0.3 is 19.9 Å². The number of aryl methyl sites for hydroxylation is 1. The molecule has 1 aromatic carbocycles. The summed E-state index contributed by atoms with van der Waals surface area (Å²) in [6, 6.07) is 9.85. The van der Waals surface area contributed by atoms with Gasteiger partial charge >= 0.3 is 5.97 Å². The monoisotopic (exact) mass is 538 g/mol. The molecular weight excluding hydrogens is 516 g/mol. The second-order valence-electron chi connectivity index (χ2n) is 9.10. The Balaban J connectivity index is 1.20. The third-order valence-electron chi connectivity index (χ3n) is 6.64. The lowest BCUT2D eigenvalue weighted by Gasteiger charge is -2.26. The topological polar surface area (TPSA) is 142 Å². The first kappa shape index (κ1) is 24.3. The molecule has 2 N–H and O–H groups in total. The van der Waals surface area contributed by atoms with E-state index in [-0.39, 0.29) is 5.91 Å². The maximum atomic E-state index is 12.6. The number of ether oxygens (including phenoxy) is 1. The Morgan fingerprint density at radius 2 is 2.00 bits per heavy atom. The Labute approximate surface area is 226 Å². The van der Waals surface area contributed by atoms with Crippen molar-refractivity contribution < 1.29 is 14.3 Å². The SMILES string of the molecule is COC(=O)c1cc2cc(-c3cnc(N4CCc5c(sc(NC(=O)c6cnn(C)c6)c5C#N)C4)nc3)ccc2[nH]1. The van der Waals surface area contributed by atoms with Crippen LogP contribution in [0.1, 0.15) is 36.9 Å². The van der Waals surface area contributed by atoms with Gasteiger partial charge in [-0.3, -0.25) is 9.48 Å². The maximum Gasteiger partial charge on any atom is 0.354 e. The Morgan fingerprint density at radius 3 is 2.72 bits per heavy atom. The van der Waals surface area contributed by atoms with Crippen LogP contribution in [0.4, 0.5) is 10.9 Å². The van der Waals surface area contributed by atoms with Crippen molar-refractivity contribution >= 4 is 45.1 Å². The second kappa shape index (κ2) is 9.70. The highest BCUT2D eigenvalue weighted by Gasteiger charge is 2.27. The van der Waals surface area contributed by atoms with Crippen molar-refractivity contribution in [3.8, 4) is 17.2 Å². The van der Waals surface area contributed by atoms with Crippen molar-refractivity contribution in [3.63, 3.8) is 0 Å². The number of thiophene rings is 1. The Kier molecular flexibility index (Phi) is 6.05. The lowest BCUT2D eigenvalue weighted by molar-refractivity contribution is 0.0595. The van der Waals surface area contributed by atoms with Gasteiger partial charge in [-0.05, 0) is 35.7 Å². The number of benzene rings is 1. The second-order valence-corrected chi connectivity index (χ2v) is 10.2. The third kappa shape index (κ3) is 4.49. The summed E-state index contributed by atoms with van der Waals surface area (Å²) in [5, 5.41) is 18.2. The molecule has 12 heteroatoms. The van der Waals surface area contributed by atoms with Crippen molar-refractivity contribution in [1.29, 1.82) is 5.26 Å². The fourth-order valence-corrected chi connectivity index (χ4v) is 5.87. The molecule has 5 aromatic rings. The number of rotatable bonds is 5. The van der Waals surface area contributed by atoms with E-state index in [1.165, 1.54) is 24.6 Å². The third-order valence-corrected chi connectivity index (χ3v) is 7.78. The predicted molar refractivity (Wildman–Crippen MR) is 146 cm³/mol. The van der Waals surface area contributed by atoms with Gasteiger partial charge in [-0.25, -0.2) is 14.8 Å². The lowest BCUT2D eigenvalue weighted by Crippen LogP contribution is -2.31. The molecule has 4 aromatic heterocycles. The summed E-state index contributed by atoms with van der Waals surface area (Å²) in [5.41, 5.74) is 4.92. The van der Waals surface area contributed by atoms with Crippen LogP contribution in [0.15, 0.2) is 49.1 Å². The van der Waals surface area contributed by atoms with E-state index in [2.05, 4.69) is 36.3 Å². The van der Waals surface area contributed by atoms with Gasteiger partial charge in [-0.15, -0.1) is 11.3 Å². The molecule has 0 unspecified atom stereocenters. The van der Waals surface area contributed by atoms with Gasteiger partial charge in [0.05, 0.1) is 31.0 Å². The zero-order chi connectivity index (χ0) is 27.1. The molecule has 0 bridgehead atoms. The zero-order valence-corrected chi connectivity index (χ0v) is 21.9. The molecule has 39 heavy (non-hydrogen) atoms. The van der Waals surface area contributed by atoms with Crippen LogP contribution in [0.25, 0.3) is 22.0 Å². The number of amides is 1. The molecule has 0 fully saturated rings. The first-order chi connectivity index (χ1) is 18.9. The largest absolute Gasteiger partial charge is 0.464 e. The molecule has 0 saturated carbocycles. The van der Waals surface area contributed by atoms with Crippen LogP contribution < -0.4 is 10.2 Å². The number of hydrogen-bond donors (Lipinski definition) is 2. The fraction of sp³-hybridized carbons (Fsp3) is 0.185.